The molecule has 2 heterocycles. The number of fused-ring (bicyclic) bond motifs is 1. The second-order valence-corrected chi connectivity index (χ2v) is 7.10. The number of nitrogens with zero attached hydrogens (tertiary/aromatic N) is 2. The fraction of sp³-hybridized carbons (Fsp3) is 0.200. The van der Waals surface area contributed by atoms with Gasteiger partial charge in [-0.3, -0.25) is 4.79 Å². The van der Waals surface area contributed by atoms with Gasteiger partial charge in [-0.05, 0) is 49.2 Å². The molecular formula is C20H18N2O2S. The maximum atomic E-state index is 12.9. The Kier molecular flexibility index (Phi) is 4.01. The Balaban J connectivity index is 1.64. The molecule has 0 bridgehead atoms. The molecule has 0 aliphatic carbocycles. The zero-order chi connectivity index (χ0) is 17.4. The third-order valence-electron chi connectivity index (χ3n) is 4.45. The average Bonchev–Trinajstić information content (AvgIpc) is 3.26. The monoisotopic (exact) mass is 350 g/mol. The number of anilines is 1. The summed E-state index contributed by atoms with van der Waals surface area (Å²) < 4.78 is 5.23. The SMILES string of the molecule is COc1cccc(C(=O)N2CCc3cc(-c4csc(C)n4)ccc32)c1. The van der Waals surface area contributed by atoms with Crippen LogP contribution in [0.2, 0.25) is 0 Å². The highest BCUT2D eigenvalue weighted by Gasteiger charge is 2.26. The fourth-order valence-corrected chi connectivity index (χ4v) is 3.80. The normalized spacial score (nSPS) is 13.0. The number of methoxy groups -OCH3 is 1. The van der Waals surface area contributed by atoms with Crippen molar-refractivity contribution in [2.75, 3.05) is 18.6 Å². The van der Waals surface area contributed by atoms with Crippen LogP contribution < -0.4 is 9.64 Å². The van der Waals surface area contributed by atoms with Crippen LogP contribution in [0.1, 0.15) is 20.9 Å². The lowest BCUT2D eigenvalue weighted by Crippen LogP contribution is -2.28. The van der Waals surface area contributed by atoms with Crippen LogP contribution in [0, 0.1) is 6.92 Å². The molecule has 4 rings (SSSR count). The van der Waals surface area contributed by atoms with E-state index in [0.29, 0.717) is 17.9 Å². The molecule has 25 heavy (non-hydrogen) atoms. The first-order valence-corrected chi connectivity index (χ1v) is 9.05. The number of ether oxygens (including phenoxy) is 1. The van der Waals surface area contributed by atoms with E-state index < -0.39 is 0 Å². The molecule has 5 heteroatoms. The predicted octanol–water partition coefficient (Wildman–Crippen LogP) is 4.33. The Bertz CT molecular complexity index is 948. The van der Waals surface area contributed by atoms with Crippen molar-refractivity contribution in [3.8, 4) is 17.0 Å². The number of amides is 1. The second-order valence-electron chi connectivity index (χ2n) is 6.03. The Morgan fingerprint density at radius 2 is 2.12 bits per heavy atom. The number of hydrogen-bond donors (Lipinski definition) is 0. The first kappa shape index (κ1) is 15.8. The van der Waals surface area contributed by atoms with E-state index >= 15 is 0 Å². The van der Waals surface area contributed by atoms with Gasteiger partial charge in [0.25, 0.3) is 5.91 Å². The molecule has 0 N–H and O–H groups in total. The molecule has 126 valence electrons. The van der Waals surface area contributed by atoms with Crippen molar-refractivity contribution in [3.63, 3.8) is 0 Å². The quantitative estimate of drug-likeness (QED) is 0.706. The van der Waals surface area contributed by atoms with Crippen LogP contribution in [-0.4, -0.2) is 24.5 Å². The molecule has 0 saturated heterocycles. The van der Waals surface area contributed by atoms with Gasteiger partial charge in [0.2, 0.25) is 0 Å². The molecule has 1 amide bonds. The molecule has 1 aromatic heterocycles. The van der Waals surface area contributed by atoms with Crippen molar-refractivity contribution < 1.29 is 9.53 Å². The summed E-state index contributed by atoms with van der Waals surface area (Å²) in [5.41, 5.74) is 4.94. The molecule has 0 radical (unpaired) electrons. The number of benzene rings is 2. The lowest BCUT2D eigenvalue weighted by Gasteiger charge is -2.18. The Morgan fingerprint density at radius 1 is 1.24 bits per heavy atom. The van der Waals surface area contributed by atoms with Crippen molar-refractivity contribution in [3.05, 3.63) is 64.0 Å². The van der Waals surface area contributed by atoms with Gasteiger partial charge in [0.1, 0.15) is 5.75 Å². The van der Waals surface area contributed by atoms with Gasteiger partial charge in [-0.2, -0.15) is 0 Å². The summed E-state index contributed by atoms with van der Waals surface area (Å²) in [5, 5.41) is 3.14. The molecule has 0 spiro atoms. The minimum atomic E-state index is 0.00917. The summed E-state index contributed by atoms with van der Waals surface area (Å²) in [6.45, 7) is 2.71. The molecule has 0 atom stereocenters. The summed E-state index contributed by atoms with van der Waals surface area (Å²) in [5.74, 6) is 0.703. The van der Waals surface area contributed by atoms with Gasteiger partial charge in [0, 0.05) is 28.7 Å². The number of carbonyl (C=O) groups excluding carboxylic acids is 1. The van der Waals surface area contributed by atoms with Crippen molar-refractivity contribution in [2.24, 2.45) is 0 Å². The van der Waals surface area contributed by atoms with Crippen LogP contribution in [0.15, 0.2) is 47.8 Å². The summed E-state index contributed by atoms with van der Waals surface area (Å²) in [7, 11) is 1.61. The van der Waals surface area contributed by atoms with E-state index in [1.807, 2.05) is 42.2 Å². The van der Waals surface area contributed by atoms with Gasteiger partial charge in [-0.15, -0.1) is 11.3 Å². The first-order valence-electron chi connectivity index (χ1n) is 8.17. The third-order valence-corrected chi connectivity index (χ3v) is 5.23. The van der Waals surface area contributed by atoms with E-state index in [9.17, 15) is 4.79 Å². The molecule has 1 aliphatic rings. The van der Waals surface area contributed by atoms with Crippen molar-refractivity contribution in [1.29, 1.82) is 0 Å². The molecule has 3 aromatic rings. The molecule has 0 saturated carbocycles. The Hall–Kier alpha value is -2.66. The zero-order valence-electron chi connectivity index (χ0n) is 14.2. The van der Waals surface area contributed by atoms with E-state index in [1.54, 1.807) is 24.5 Å². The average molecular weight is 350 g/mol. The molecule has 2 aromatic carbocycles. The number of aryl methyl sites for hydroxylation is 1. The van der Waals surface area contributed by atoms with E-state index in [-0.39, 0.29) is 5.91 Å². The third kappa shape index (κ3) is 2.91. The molecule has 0 fully saturated rings. The van der Waals surface area contributed by atoms with Gasteiger partial charge in [0.05, 0.1) is 17.8 Å². The zero-order valence-corrected chi connectivity index (χ0v) is 15.0. The lowest BCUT2D eigenvalue weighted by molar-refractivity contribution is 0.0989. The van der Waals surface area contributed by atoms with Crippen LogP contribution in [0.25, 0.3) is 11.3 Å². The standard InChI is InChI=1S/C20H18N2O2S/c1-13-21-18(12-25-13)14-6-7-19-15(10-14)8-9-22(19)20(23)16-4-3-5-17(11-16)24-2/h3-7,10-12H,8-9H2,1-2H3. The highest BCUT2D eigenvalue weighted by molar-refractivity contribution is 7.09. The van der Waals surface area contributed by atoms with Crippen LogP contribution >= 0.6 is 11.3 Å². The van der Waals surface area contributed by atoms with Crippen molar-refractivity contribution >= 4 is 22.9 Å². The van der Waals surface area contributed by atoms with Gasteiger partial charge in [0.15, 0.2) is 0 Å². The summed E-state index contributed by atoms with van der Waals surface area (Å²) >= 11 is 1.65. The maximum Gasteiger partial charge on any atom is 0.258 e. The van der Waals surface area contributed by atoms with Gasteiger partial charge in [-0.25, -0.2) is 4.98 Å². The van der Waals surface area contributed by atoms with Crippen LogP contribution in [0.5, 0.6) is 5.75 Å². The summed E-state index contributed by atoms with van der Waals surface area (Å²) in [6, 6.07) is 13.5. The largest absolute Gasteiger partial charge is 0.497 e. The summed E-state index contributed by atoms with van der Waals surface area (Å²) in [4.78, 5) is 19.3. The number of thiazole rings is 1. The van der Waals surface area contributed by atoms with E-state index in [1.165, 1.54) is 5.56 Å². The van der Waals surface area contributed by atoms with Crippen molar-refractivity contribution in [2.45, 2.75) is 13.3 Å². The van der Waals surface area contributed by atoms with Crippen LogP contribution in [0.3, 0.4) is 0 Å². The van der Waals surface area contributed by atoms with E-state index in [0.717, 1.165) is 28.4 Å². The number of hydrogen-bond acceptors (Lipinski definition) is 4. The van der Waals surface area contributed by atoms with Crippen molar-refractivity contribution in [1.82, 2.24) is 4.98 Å². The fourth-order valence-electron chi connectivity index (χ4n) is 3.18. The highest BCUT2D eigenvalue weighted by atomic mass is 32.1. The maximum absolute atomic E-state index is 12.9. The number of aromatic nitrogens is 1. The van der Waals surface area contributed by atoms with Crippen LogP contribution in [0.4, 0.5) is 5.69 Å². The molecule has 1 aliphatic heterocycles. The molecular weight excluding hydrogens is 332 g/mol. The molecule has 0 unspecified atom stereocenters. The second kappa shape index (κ2) is 6.33. The first-order chi connectivity index (χ1) is 12.2. The van der Waals surface area contributed by atoms with Crippen LogP contribution in [-0.2, 0) is 6.42 Å². The van der Waals surface area contributed by atoms with Gasteiger partial charge in [-0.1, -0.05) is 12.1 Å². The minimum absolute atomic E-state index is 0.00917. The Morgan fingerprint density at radius 3 is 2.88 bits per heavy atom. The van der Waals surface area contributed by atoms with E-state index in [2.05, 4.69) is 16.4 Å². The number of rotatable bonds is 3. The number of carbonyl (C=O) groups is 1. The predicted molar refractivity (Wildman–Crippen MR) is 101 cm³/mol. The smallest absolute Gasteiger partial charge is 0.258 e. The molecule has 4 nitrogen and oxygen atoms in total. The van der Waals surface area contributed by atoms with Gasteiger partial charge < -0.3 is 9.64 Å². The highest BCUT2D eigenvalue weighted by Crippen LogP contribution is 2.33. The van der Waals surface area contributed by atoms with Gasteiger partial charge >= 0.3 is 0 Å². The summed E-state index contributed by atoms with van der Waals surface area (Å²) in [6.07, 6.45) is 0.863. The Labute approximate surface area is 150 Å². The van der Waals surface area contributed by atoms with E-state index in [4.69, 9.17) is 4.74 Å². The lowest BCUT2D eigenvalue weighted by atomic mass is 10.1. The minimum Gasteiger partial charge on any atom is -0.497 e. The topological polar surface area (TPSA) is 42.4 Å².